The summed E-state index contributed by atoms with van der Waals surface area (Å²) in [6.07, 6.45) is 7.33. The lowest BCUT2D eigenvalue weighted by molar-refractivity contribution is -0.134. The van der Waals surface area contributed by atoms with Crippen molar-refractivity contribution < 1.29 is 4.79 Å². The van der Waals surface area contributed by atoms with Gasteiger partial charge in [-0.3, -0.25) is 9.79 Å². The predicted octanol–water partition coefficient (Wildman–Crippen LogP) is 2.34. The summed E-state index contributed by atoms with van der Waals surface area (Å²) in [5.74, 6) is 2.16. The Kier molecular flexibility index (Phi) is 6.53. The number of nitrogens with one attached hydrogen (secondary N) is 2. The van der Waals surface area contributed by atoms with E-state index >= 15 is 0 Å². The van der Waals surface area contributed by atoms with Crippen LogP contribution in [-0.4, -0.2) is 57.7 Å². The van der Waals surface area contributed by atoms with E-state index in [-0.39, 0.29) is 12.0 Å². The highest BCUT2D eigenvalue weighted by atomic mass is 16.2. The van der Waals surface area contributed by atoms with E-state index in [4.69, 9.17) is 0 Å². The summed E-state index contributed by atoms with van der Waals surface area (Å²) < 4.78 is 1.85. The number of carbonyl (C=O) groups is 1. The molecule has 1 saturated heterocycles. The van der Waals surface area contributed by atoms with Gasteiger partial charge in [0.05, 0.1) is 5.69 Å². The van der Waals surface area contributed by atoms with Crippen LogP contribution in [0.5, 0.6) is 0 Å². The van der Waals surface area contributed by atoms with Gasteiger partial charge in [0.15, 0.2) is 11.8 Å². The Balaban J connectivity index is 1.27. The van der Waals surface area contributed by atoms with Gasteiger partial charge in [0.2, 0.25) is 5.91 Å². The van der Waals surface area contributed by atoms with Crippen LogP contribution in [0.3, 0.4) is 0 Å². The first kappa shape index (κ1) is 21.3. The maximum atomic E-state index is 12.7. The molecule has 2 fully saturated rings. The largest absolute Gasteiger partial charge is 0.352 e. The number of pyridine rings is 1. The molecule has 8 nitrogen and oxygen atoms in total. The van der Waals surface area contributed by atoms with Crippen LogP contribution in [-0.2, 0) is 11.3 Å². The van der Waals surface area contributed by atoms with Crippen LogP contribution >= 0.6 is 0 Å². The molecule has 8 heteroatoms. The van der Waals surface area contributed by atoms with Gasteiger partial charge in [0.1, 0.15) is 0 Å². The summed E-state index contributed by atoms with van der Waals surface area (Å²) in [6.45, 7) is 6.23. The number of amides is 1. The second kappa shape index (κ2) is 9.49. The number of carbonyl (C=O) groups excluding carboxylic acids is 1. The summed E-state index contributed by atoms with van der Waals surface area (Å²) in [6, 6.07) is 6.31. The minimum atomic E-state index is 0.239. The van der Waals surface area contributed by atoms with E-state index in [9.17, 15) is 4.79 Å². The number of aliphatic imine (C=N–C) groups is 1. The Hall–Kier alpha value is -2.90. The SMILES string of the molecule is CN=C(NCc1ccc(-n2nc(C)cc2C)nc1)NC1CCN(C(=O)C2CCCC2)C1. The van der Waals surface area contributed by atoms with Crippen LogP contribution in [0, 0.1) is 19.8 Å². The van der Waals surface area contributed by atoms with Crippen LogP contribution < -0.4 is 10.6 Å². The van der Waals surface area contributed by atoms with Crippen molar-refractivity contribution >= 4 is 11.9 Å². The third-order valence-electron chi connectivity index (χ3n) is 6.26. The lowest BCUT2D eigenvalue weighted by atomic mass is 10.1. The first-order valence-corrected chi connectivity index (χ1v) is 11.3. The fourth-order valence-corrected chi connectivity index (χ4v) is 4.59. The molecule has 2 N–H and O–H groups in total. The highest BCUT2D eigenvalue weighted by molar-refractivity contribution is 5.81. The van der Waals surface area contributed by atoms with Crippen LogP contribution in [0.25, 0.3) is 5.82 Å². The Bertz CT molecular complexity index is 928. The Morgan fingerprint density at radius 1 is 1.23 bits per heavy atom. The van der Waals surface area contributed by atoms with Gasteiger partial charge in [0, 0.05) is 50.5 Å². The number of hydrogen-bond donors (Lipinski definition) is 2. The average molecular weight is 424 g/mol. The number of rotatable bonds is 5. The molecular formula is C23H33N7O. The number of nitrogens with zero attached hydrogens (tertiary/aromatic N) is 5. The van der Waals surface area contributed by atoms with E-state index in [1.165, 1.54) is 12.8 Å². The number of hydrogen-bond acceptors (Lipinski definition) is 4. The van der Waals surface area contributed by atoms with Gasteiger partial charge in [-0.25, -0.2) is 9.67 Å². The first-order chi connectivity index (χ1) is 15.0. The van der Waals surface area contributed by atoms with Crippen LogP contribution in [0.1, 0.15) is 49.1 Å². The smallest absolute Gasteiger partial charge is 0.225 e. The van der Waals surface area contributed by atoms with Crippen molar-refractivity contribution in [2.45, 2.75) is 58.5 Å². The quantitative estimate of drug-likeness (QED) is 0.569. The van der Waals surface area contributed by atoms with Gasteiger partial charge in [-0.2, -0.15) is 5.10 Å². The first-order valence-electron chi connectivity index (χ1n) is 11.3. The molecule has 31 heavy (non-hydrogen) atoms. The topological polar surface area (TPSA) is 87.4 Å². The maximum Gasteiger partial charge on any atom is 0.225 e. The van der Waals surface area contributed by atoms with E-state index in [1.54, 1.807) is 7.05 Å². The zero-order valence-electron chi connectivity index (χ0n) is 18.8. The van der Waals surface area contributed by atoms with E-state index < -0.39 is 0 Å². The molecule has 1 atom stereocenters. The van der Waals surface area contributed by atoms with E-state index in [0.29, 0.717) is 12.5 Å². The number of aromatic nitrogens is 3. The molecule has 0 bridgehead atoms. The lowest BCUT2D eigenvalue weighted by Gasteiger charge is -2.21. The molecule has 0 spiro atoms. The van der Waals surface area contributed by atoms with Crippen LogP contribution in [0.15, 0.2) is 29.4 Å². The third kappa shape index (κ3) is 5.06. The monoisotopic (exact) mass is 423 g/mol. The summed E-state index contributed by atoms with van der Waals surface area (Å²) >= 11 is 0. The molecule has 4 rings (SSSR count). The number of guanidine groups is 1. The lowest BCUT2D eigenvalue weighted by Crippen LogP contribution is -2.45. The molecule has 1 aliphatic heterocycles. The van der Waals surface area contributed by atoms with Crippen molar-refractivity contribution in [2.24, 2.45) is 10.9 Å². The Morgan fingerprint density at radius 3 is 2.68 bits per heavy atom. The van der Waals surface area contributed by atoms with Crippen molar-refractivity contribution in [3.8, 4) is 5.82 Å². The molecule has 1 amide bonds. The van der Waals surface area contributed by atoms with Gasteiger partial charge < -0.3 is 15.5 Å². The minimum Gasteiger partial charge on any atom is -0.352 e. The standard InChI is InChI=1S/C23H33N7O/c1-16-12-17(2)30(28-16)21-9-8-18(13-25-21)14-26-23(24-3)27-20-10-11-29(15-20)22(31)19-6-4-5-7-19/h8-9,12-13,19-20H,4-7,10-11,14-15H2,1-3H3,(H2,24,26,27). The van der Waals surface area contributed by atoms with Crippen LogP contribution in [0.2, 0.25) is 0 Å². The molecule has 1 saturated carbocycles. The fourth-order valence-electron chi connectivity index (χ4n) is 4.59. The molecule has 1 unspecified atom stereocenters. The molecule has 2 aromatic heterocycles. The Labute approximate surface area is 184 Å². The Morgan fingerprint density at radius 2 is 2.03 bits per heavy atom. The van der Waals surface area contributed by atoms with E-state index in [1.807, 2.05) is 41.8 Å². The summed E-state index contributed by atoms with van der Waals surface area (Å²) in [7, 11) is 1.77. The molecule has 2 aliphatic rings. The predicted molar refractivity (Wildman–Crippen MR) is 121 cm³/mol. The van der Waals surface area contributed by atoms with Gasteiger partial charge in [-0.05, 0) is 50.8 Å². The van der Waals surface area contributed by atoms with Crippen molar-refractivity contribution in [3.63, 3.8) is 0 Å². The zero-order chi connectivity index (χ0) is 21.8. The van der Waals surface area contributed by atoms with Gasteiger partial charge >= 0.3 is 0 Å². The molecule has 2 aromatic rings. The second-order valence-corrected chi connectivity index (χ2v) is 8.68. The fraction of sp³-hybridized carbons (Fsp3) is 0.565. The zero-order valence-corrected chi connectivity index (χ0v) is 18.8. The second-order valence-electron chi connectivity index (χ2n) is 8.68. The van der Waals surface area contributed by atoms with E-state index in [0.717, 1.165) is 61.1 Å². The van der Waals surface area contributed by atoms with Crippen molar-refractivity contribution in [3.05, 3.63) is 41.3 Å². The molecule has 3 heterocycles. The highest BCUT2D eigenvalue weighted by Gasteiger charge is 2.32. The molecule has 0 radical (unpaired) electrons. The highest BCUT2D eigenvalue weighted by Crippen LogP contribution is 2.27. The molecular weight excluding hydrogens is 390 g/mol. The molecule has 1 aliphatic carbocycles. The molecule has 0 aromatic carbocycles. The van der Waals surface area contributed by atoms with Crippen molar-refractivity contribution in [2.75, 3.05) is 20.1 Å². The van der Waals surface area contributed by atoms with Crippen molar-refractivity contribution in [1.82, 2.24) is 30.3 Å². The van der Waals surface area contributed by atoms with E-state index in [2.05, 4.69) is 31.8 Å². The van der Waals surface area contributed by atoms with Crippen LogP contribution in [0.4, 0.5) is 0 Å². The number of aryl methyl sites for hydroxylation is 2. The summed E-state index contributed by atoms with van der Waals surface area (Å²) in [4.78, 5) is 23.6. The van der Waals surface area contributed by atoms with Crippen molar-refractivity contribution in [1.29, 1.82) is 0 Å². The normalized spacial score (nSPS) is 19.8. The summed E-state index contributed by atoms with van der Waals surface area (Å²) in [5.41, 5.74) is 3.12. The average Bonchev–Trinajstić information content (AvgIpc) is 3.52. The minimum absolute atomic E-state index is 0.239. The maximum absolute atomic E-state index is 12.7. The third-order valence-corrected chi connectivity index (χ3v) is 6.26. The van der Waals surface area contributed by atoms with Gasteiger partial charge in [0.25, 0.3) is 0 Å². The number of likely N-dealkylation sites (tertiary alicyclic amines) is 1. The molecule has 166 valence electrons. The summed E-state index contributed by atoms with van der Waals surface area (Å²) in [5, 5.41) is 11.3. The van der Waals surface area contributed by atoms with Gasteiger partial charge in [-0.1, -0.05) is 18.9 Å². The van der Waals surface area contributed by atoms with Gasteiger partial charge in [-0.15, -0.1) is 0 Å².